The van der Waals surface area contributed by atoms with Crippen molar-refractivity contribution in [3.8, 4) is 67.5 Å². The summed E-state index contributed by atoms with van der Waals surface area (Å²) < 4.78 is 4.83. The minimum Gasteiger partial charge on any atom is -0.309 e. The number of hydrogen-bond donors (Lipinski definition) is 0. The van der Waals surface area contributed by atoms with Crippen molar-refractivity contribution in [2.45, 2.75) is 19.3 Å². The molecule has 0 radical (unpaired) electrons. The van der Waals surface area contributed by atoms with Crippen LogP contribution in [0, 0.1) is 0 Å². The van der Waals surface area contributed by atoms with Gasteiger partial charge in [-0.2, -0.15) is 0 Å². The fourth-order valence-electron chi connectivity index (χ4n) is 12.3. The highest BCUT2D eigenvalue weighted by Gasteiger charge is 2.37. The van der Waals surface area contributed by atoms with Gasteiger partial charge in [0.15, 0.2) is 5.82 Å². The Balaban J connectivity index is 0.975. The summed E-state index contributed by atoms with van der Waals surface area (Å²) in [6.45, 7) is 4.75. The Bertz CT molecular complexity index is 4350. The maximum absolute atomic E-state index is 5.50. The number of hydrogen-bond acceptors (Lipinski definition) is 2. The largest absolute Gasteiger partial charge is 0.309 e. The van der Waals surface area contributed by atoms with Crippen molar-refractivity contribution in [1.29, 1.82) is 0 Å². The van der Waals surface area contributed by atoms with E-state index in [9.17, 15) is 0 Å². The molecule has 1 aliphatic rings. The molecule has 3 heterocycles. The minimum atomic E-state index is -0.147. The summed E-state index contributed by atoms with van der Waals surface area (Å²) in [5, 5.41) is 9.73. The molecule has 342 valence electrons. The molecule has 0 atom stereocenters. The highest BCUT2D eigenvalue weighted by atomic mass is 15.0. The van der Waals surface area contributed by atoms with E-state index in [2.05, 4.69) is 266 Å². The van der Waals surface area contributed by atoms with Gasteiger partial charge in [0.05, 0.1) is 33.5 Å². The number of rotatable bonds is 6. The maximum Gasteiger partial charge on any atom is 0.160 e. The molecule has 15 rings (SSSR count). The zero-order valence-electron chi connectivity index (χ0n) is 40.4. The second kappa shape index (κ2) is 15.8. The molecule has 0 N–H and O–H groups in total. The lowest BCUT2D eigenvalue weighted by Crippen LogP contribution is -2.14. The van der Waals surface area contributed by atoms with Crippen LogP contribution in [-0.4, -0.2) is 19.1 Å². The molecular formula is C69H46N4. The van der Waals surface area contributed by atoms with Crippen molar-refractivity contribution in [2.24, 2.45) is 0 Å². The number of nitrogens with zero attached hydrogens (tertiary/aromatic N) is 4. The fourth-order valence-corrected chi connectivity index (χ4v) is 12.3. The predicted molar refractivity (Wildman–Crippen MR) is 305 cm³/mol. The average Bonchev–Trinajstić information content (AvgIpc) is 4.05. The predicted octanol–water partition coefficient (Wildman–Crippen LogP) is 18.0. The van der Waals surface area contributed by atoms with E-state index in [4.69, 9.17) is 9.97 Å². The lowest BCUT2D eigenvalue weighted by molar-refractivity contribution is 0.661. The van der Waals surface area contributed by atoms with Crippen LogP contribution in [0.2, 0.25) is 0 Å². The van der Waals surface area contributed by atoms with Gasteiger partial charge in [-0.05, 0) is 116 Å². The van der Waals surface area contributed by atoms with Gasteiger partial charge in [-0.1, -0.05) is 196 Å². The van der Waals surface area contributed by atoms with Gasteiger partial charge in [0.2, 0.25) is 0 Å². The molecule has 14 aromatic rings. The summed E-state index contributed by atoms with van der Waals surface area (Å²) in [5.41, 5.74) is 19.1. The number of aromatic nitrogens is 4. The van der Waals surface area contributed by atoms with E-state index in [1.54, 1.807) is 0 Å². The molecule has 0 saturated heterocycles. The van der Waals surface area contributed by atoms with Crippen LogP contribution in [0.1, 0.15) is 25.0 Å². The molecule has 73 heavy (non-hydrogen) atoms. The third-order valence-electron chi connectivity index (χ3n) is 15.7. The molecule has 0 unspecified atom stereocenters. The molecule has 0 saturated carbocycles. The summed E-state index contributed by atoms with van der Waals surface area (Å²) >= 11 is 0. The Morgan fingerprint density at radius 1 is 0.315 bits per heavy atom. The Morgan fingerprint density at radius 3 is 1.38 bits per heavy atom. The van der Waals surface area contributed by atoms with E-state index in [1.807, 2.05) is 0 Å². The Hall–Kier alpha value is -9.38. The molecule has 1 aliphatic carbocycles. The second-order valence-electron chi connectivity index (χ2n) is 20.1. The van der Waals surface area contributed by atoms with Crippen LogP contribution in [0.25, 0.3) is 133 Å². The van der Waals surface area contributed by atoms with Gasteiger partial charge in [0.1, 0.15) is 0 Å². The first kappa shape index (κ1) is 41.4. The maximum atomic E-state index is 5.50. The van der Waals surface area contributed by atoms with E-state index in [0.717, 1.165) is 66.9 Å². The van der Waals surface area contributed by atoms with Crippen LogP contribution in [0.3, 0.4) is 0 Å². The van der Waals surface area contributed by atoms with Crippen molar-refractivity contribution in [2.75, 3.05) is 0 Å². The van der Waals surface area contributed by atoms with Crippen LogP contribution < -0.4 is 0 Å². The highest BCUT2D eigenvalue weighted by Crippen LogP contribution is 2.54. The Labute approximate surface area is 422 Å². The van der Waals surface area contributed by atoms with Gasteiger partial charge in [0.25, 0.3) is 0 Å². The molecule has 0 aliphatic heterocycles. The molecule has 0 spiro atoms. The second-order valence-corrected chi connectivity index (χ2v) is 20.1. The molecular weight excluding hydrogens is 885 g/mol. The summed E-state index contributed by atoms with van der Waals surface area (Å²) in [6, 6.07) is 88.5. The number of benzene rings is 11. The van der Waals surface area contributed by atoms with Crippen molar-refractivity contribution in [3.05, 3.63) is 254 Å². The van der Waals surface area contributed by atoms with Crippen LogP contribution in [-0.2, 0) is 5.41 Å². The first-order valence-corrected chi connectivity index (χ1v) is 25.2. The van der Waals surface area contributed by atoms with Crippen molar-refractivity contribution < 1.29 is 0 Å². The summed E-state index contributed by atoms with van der Waals surface area (Å²) in [5.74, 6) is 0.675. The van der Waals surface area contributed by atoms with Gasteiger partial charge < -0.3 is 9.13 Å². The van der Waals surface area contributed by atoms with Gasteiger partial charge in [-0.25, -0.2) is 9.97 Å². The van der Waals surface area contributed by atoms with Crippen LogP contribution >= 0.6 is 0 Å². The van der Waals surface area contributed by atoms with Crippen LogP contribution in [0.4, 0.5) is 0 Å². The topological polar surface area (TPSA) is 35.6 Å². The number of para-hydroxylation sites is 4. The van der Waals surface area contributed by atoms with Gasteiger partial charge in [0, 0.05) is 55.0 Å². The van der Waals surface area contributed by atoms with E-state index in [-0.39, 0.29) is 5.41 Å². The van der Waals surface area contributed by atoms with E-state index >= 15 is 0 Å². The van der Waals surface area contributed by atoms with Crippen molar-refractivity contribution in [1.82, 2.24) is 19.1 Å². The van der Waals surface area contributed by atoms with Crippen molar-refractivity contribution in [3.63, 3.8) is 0 Å². The minimum absolute atomic E-state index is 0.147. The molecule has 0 fully saturated rings. The SMILES string of the molecule is CC1(C)c2cc3ccccc3cc2-c2c(-c3ccc(-c4cc(-c5cc(-n6c7ccccc7c7ccccc76)cc(-n6c7ccccc7c7ccccc76)c5)nc(-c5ccccc5)n4)c4ccccc34)cccc21. The lowest BCUT2D eigenvalue weighted by atomic mass is 9.81. The average molecular weight is 931 g/mol. The van der Waals surface area contributed by atoms with Gasteiger partial charge in [-0.3, -0.25) is 0 Å². The monoisotopic (exact) mass is 930 g/mol. The molecule has 0 amide bonds. The molecule has 3 aromatic heterocycles. The quantitative estimate of drug-likeness (QED) is 0.167. The van der Waals surface area contributed by atoms with Crippen molar-refractivity contribution >= 4 is 65.2 Å². The third-order valence-corrected chi connectivity index (χ3v) is 15.7. The Morgan fingerprint density at radius 2 is 0.795 bits per heavy atom. The highest BCUT2D eigenvalue weighted by molar-refractivity contribution is 6.12. The van der Waals surface area contributed by atoms with Gasteiger partial charge in [-0.15, -0.1) is 0 Å². The smallest absolute Gasteiger partial charge is 0.160 e. The normalized spacial score (nSPS) is 12.9. The standard InChI is InChI=1S/C69H46N4/c1-69(2)59-30-18-29-57(67(59)58-39-44-21-6-7-22-45(44)40-60(58)69)51-35-36-52(50-24-9-8-23-49(50)51)62-42-61(70-68(71-62)43-19-4-3-5-20-43)46-37-47(72-63-31-14-10-25-53(63)54-26-11-15-32-64(54)72)41-48(38-46)73-65-33-16-12-27-55(65)56-28-13-17-34-66(56)73/h3-42H,1-2H3. The van der Waals surface area contributed by atoms with Crippen LogP contribution in [0.5, 0.6) is 0 Å². The first-order valence-electron chi connectivity index (χ1n) is 25.2. The third kappa shape index (κ3) is 6.27. The van der Waals surface area contributed by atoms with Crippen LogP contribution in [0.15, 0.2) is 243 Å². The van der Waals surface area contributed by atoms with E-state index in [1.165, 1.54) is 71.1 Å². The summed E-state index contributed by atoms with van der Waals surface area (Å²) in [4.78, 5) is 11.0. The van der Waals surface area contributed by atoms with E-state index in [0.29, 0.717) is 5.82 Å². The summed E-state index contributed by atoms with van der Waals surface area (Å²) in [6.07, 6.45) is 0. The molecule has 4 nitrogen and oxygen atoms in total. The van der Waals surface area contributed by atoms with Gasteiger partial charge >= 0.3 is 0 Å². The summed E-state index contributed by atoms with van der Waals surface area (Å²) in [7, 11) is 0. The first-order chi connectivity index (χ1) is 36.0. The molecule has 4 heteroatoms. The fraction of sp³-hybridized carbons (Fsp3) is 0.0435. The zero-order valence-corrected chi connectivity index (χ0v) is 40.4. The zero-order chi connectivity index (χ0) is 48.4. The lowest BCUT2D eigenvalue weighted by Gasteiger charge is -2.22. The molecule has 11 aromatic carbocycles. The number of fused-ring (bicyclic) bond motifs is 11. The van der Waals surface area contributed by atoms with E-state index < -0.39 is 0 Å². The molecule has 0 bridgehead atoms. The Kier molecular flexibility index (Phi) is 8.97.